The maximum atomic E-state index is 13.3. The summed E-state index contributed by atoms with van der Waals surface area (Å²) in [6.07, 6.45) is 1.69. The van der Waals surface area contributed by atoms with Gasteiger partial charge in [-0.05, 0) is 19.1 Å². The lowest BCUT2D eigenvalue weighted by atomic mass is 10.2. The van der Waals surface area contributed by atoms with Crippen molar-refractivity contribution < 1.29 is 14.1 Å². The molecule has 2 rings (SSSR count). The van der Waals surface area contributed by atoms with Crippen molar-refractivity contribution in [1.82, 2.24) is 10.2 Å². The number of rotatable bonds is 8. The number of benzene rings is 1. The Bertz CT molecular complexity index is 799. The summed E-state index contributed by atoms with van der Waals surface area (Å²) in [5, 5.41) is 24.2. The van der Waals surface area contributed by atoms with Crippen LogP contribution in [-0.2, 0) is 4.79 Å². The molecule has 25 heavy (non-hydrogen) atoms. The Kier molecular flexibility index (Phi) is 6.42. The highest BCUT2D eigenvalue weighted by Crippen LogP contribution is 2.29. The minimum Gasteiger partial charge on any atom is -0.357 e. The minimum absolute atomic E-state index is 0.149. The van der Waals surface area contributed by atoms with E-state index in [1.165, 1.54) is 29.2 Å². The average molecular weight is 383 g/mol. The van der Waals surface area contributed by atoms with Crippen LogP contribution >= 0.6 is 23.1 Å². The Labute approximate surface area is 150 Å². The molecule has 2 N–H and O–H groups in total. The number of aromatic nitrogens is 2. The number of nitrogens with zero attached hydrogens (tertiary/aromatic N) is 3. The van der Waals surface area contributed by atoms with Gasteiger partial charge < -0.3 is 10.6 Å². The Hall–Kier alpha value is -2.53. The van der Waals surface area contributed by atoms with Crippen LogP contribution in [-0.4, -0.2) is 32.8 Å². The molecule has 132 valence electrons. The lowest BCUT2D eigenvalue weighted by Crippen LogP contribution is -2.22. The summed E-state index contributed by atoms with van der Waals surface area (Å²) in [5.41, 5.74) is -0.545. The second-order valence-electron chi connectivity index (χ2n) is 4.72. The van der Waals surface area contributed by atoms with E-state index < -0.39 is 21.7 Å². The molecule has 8 nitrogen and oxygen atoms in total. The third kappa shape index (κ3) is 5.22. The van der Waals surface area contributed by atoms with Gasteiger partial charge in [-0.3, -0.25) is 14.9 Å². The first-order chi connectivity index (χ1) is 11.9. The Morgan fingerprint density at radius 2 is 2.32 bits per heavy atom. The number of nitro benzene ring substituents is 1. The number of hydrogen-bond acceptors (Lipinski definition) is 8. The standard InChI is InChI=1S/C14H14FN5O3S2/c1-3-6-16-13-18-19-14(25-13)24-8(2)12(21)17-9-4-5-10(15)11(7-9)20(22)23/h3-5,7-8H,1,6H2,2H3,(H,16,18)(H,17,21)/t8-/m0/s1. The predicted molar refractivity (Wildman–Crippen MR) is 95.6 cm³/mol. The van der Waals surface area contributed by atoms with Crippen molar-refractivity contribution in [3.63, 3.8) is 0 Å². The third-order valence-electron chi connectivity index (χ3n) is 2.86. The van der Waals surface area contributed by atoms with E-state index in [0.29, 0.717) is 16.0 Å². The summed E-state index contributed by atoms with van der Waals surface area (Å²) >= 11 is 2.49. The van der Waals surface area contributed by atoms with E-state index in [9.17, 15) is 19.3 Å². The Morgan fingerprint density at radius 1 is 1.56 bits per heavy atom. The highest BCUT2D eigenvalue weighted by Gasteiger charge is 2.20. The zero-order valence-electron chi connectivity index (χ0n) is 13.1. The molecule has 0 saturated heterocycles. The molecule has 1 amide bonds. The highest BCUT2D eigenvalue weighted by atomic mass is 32.2. The van der Waals surface area contributed by atoms with Gasteiger partial charge in [0.25, 0.3) is 0 Å². The third-order valence-corrected chi connectivity index (χ3v) is 4.93. The zero-order chi connectivity index (χ0) is 18.4. The van der Waals surface area contributed by atoms with Gasteiger partial charge in [0.2, 0.25) is 16.9 Å². The Balaban J connectivity index is 1.98. The summed E-state index contributed by atoms with van der Waals surface area (Å²) in [4.78, 5) is 22.1. The Morgan fingerprint density at radius 3 is 3.00 bits per heavy atom. The first-order valence-corrected chi connectivity index (χ1v) is 8.70. The molecule has 0 bridgehead atoms. The van der Waals surface area contributed by atoms with E-state index in [2.05, 4.69) is 27.4 Å². The summed E-state index contributed by atoms with van der Waals surface area (Å²) in [5.74, 6) is -1.35. The molecule has 0 unspecified atom stereocenters. The van der Waals surface area contributed by atoms with Crippen molar-refractivity contribution in [3.05, 3.63) is 46.8 Å². The number of hydrogen-bond donors (Lipinski definition) is 2. The van der Waals surface area contributed by atoms with Crippen LogP contribution in [0.1, 0.15) is 6.92 Å². The van der Waals surface area contributed by atoms with Crippen LogP contribution in [0.25, 0.3) is 0 Å². The number of carbonyl (C=O) groups excluding carboxylic acids is 1. The molecule has 0 fully saturated rings. The lowest BCUT2D eigenvalue weighted by molar-refractivity contribution is -0.387. The molecule has 11 heteroatoms. The van der Waals surface area contributed by atoms with Gasteiger partial charge in [-0.1, -0.05) is 29.2 Å². The van der Waals surface area contributed by atoms with Crippen molar-refractivity contribution in [2.24, 2.45) is 0 Å². The van der Waals surface area contributed by atoms with E-state index in [0.717, 1.165) is 12.1 Å². The van der Waals surface area contributed by atoms with Crippen LogP contribution in [0.5, 0.6) is 0 Å². The van der Waals surface area contributed by atoms with Gasteiger partial charge in [-0.15, -0.1) is 16.8 Å². The van der Waals surface area contributed by atoms with Gasteiger partial charge >= 0.3 is 5.69 Å². The topological polar surface area (TPSA) is 110 Å². The SMILES string of the molecule is C=CCNc1nnc(S[C@@H](C)C(=O)Nc2ccc(F)c([N+](=O)[O-])c2)s1. The maximum Gasteiger partial charge on any atom is 0.306 e. The maximum absolute atomic E-state index is 13.3. The molecule has 0 radical (unpaired) electrons. The van der Waals surface area contributed by atoms with Crippen LogP contribution in [0.3, 0.4) is 0 Å². The fourth-order valence-corrected chi connectivity index (χ4v) is 3.57. The van der Waals surface area contributed by atoms with E-state index in [1.807, 2.05) is 0 Å². The zero-order valence-corrected chi connectivity index (χ0v) is 14.7. The molecule has 2 aromatic rings. The van der Waals surface area contributed by atoms with Crippen molar-refractivity contribution in [2.75, 3.05) is 17.2 Å². The number of carbonyl (C=O) groups is 1. The molecule has 1 heterocycles. The van der Waals surface area contributed by atoms with Gasteiger partial charge in [0.1, 0.15) is 0 Å². The molecule has 1 aromatic heterocycles. The molecule has 0 saturated carbocycles. The van der Waals surface area contributed by atoms with Gasteiger partial charge in [-0.25, -0.2) is 0 Å². The van der Waals surface area contributed by atoms with E-state index in [1.54, 1.807) is 13.0 Å². The summed E-state index contributed by atoms with van der Waals surface area (Å²) < 4.78 is 13.9. The van der Waals surface area contributed by atoms with E-state index >= 15 is 0 Å². The van der Waals surface area contributed by atoms with Gasteiger partial charge in [0.05, 0.1) is 10.2 Å². The minimum atomic E-state index is -0.959. The number of amides is 1. The quantitative estimate of drug-likeness (QED) is 0.311. The highest BCUT2D eigenvalue weighted by molar-refractivity contribution is 8.02. The van der Waals surface area contributed by atoms with Crippen LogP contribution in [0.4, 0.5) is 20.9 Å². The number of nitrogens with one attached hydrogen (secondary N) is 2. The van der Waals surface area contributed by atoms with Crippen LogP contribution in [0, 0.1) is 15.9 Å². The number of thioether (sulfide) groups is 1. The predicted octanol–water partition coefficient (Wildman–Crippen LogP) is 3.30. The number of halogens is 1. The normalized spacial score (nSPS) is 11.6. The number of nitro groups is 1. The average Bonchev–Trinajstić information content (AvgIpc) is 3.01. The van der Waals surface area contributed by atoms with Gasteiger partial charge in [0, 0.05) is 18.3 Å². The fraction of sp³-hybridized carbons (Fsp3) is 0.214. The van der Waals surface area contributed by atoms with E-state index in [-0.39, 0.29) is 11.6 Å². The second-order valence-corrected chi connectivity index (χ2v) is 7.28. The lowest BCUT2D eigenvalue weighted by Gasteiger charge is -2.10. The summed E-state index contributed by atoms with van der Waals surface area (Å²) in [6, 6.07) is 3.18. The first kappa shape index (κ1) is 18.8. The summed E-state index contributed by atoms with van der Waals surface area (Å²) in [6.45, 7) is 5.80. The molecular formula is C14H14FN5O3S2. The first-order valence-electron chi connectivity index (χ1n) is 7.00. The van der Waals surface area contributed by atoms with E-state index in [4.69, 9.17) is 0 Å². The molecule has 0 aliphatic heterocycles. The van der Waals surface area contributed by atoms with Crippen LogP contribution < -0.4 is 10.6 Å². The van der Waals surface area contributed by atoms with Crippen LogP contribution in [0.2, 0.25) is 0 Å². The van der Waals surface area contributed by atoms with Crippen molar-refractivity contribution in [3.8, 4) is 0 Å². The molecule has 0 aliphatic carbocycles. The van der Waals surface area contributed by atoms with Gasteiger partial charge in [0.15, 0.2) is 4.34 Å². The smallest absolute Gasteiger partial charge is 0.306 e. The van der Waals surface area contributed by atoms with Crippen LogP contribution in [0.15, 0.2) is 35.2 Å². The molecule has 0 spiro atoms. The monoisotopic (exact) mass is 383 g/mol. The van der Waals surface area contributed by atoms with Crippen molar-refractivity contribution in [1.29, 1.82) is 0 Å². The molecule has 0 aliphatic rings. The molecular weight excluding hydrogens is 369 g/mol. The fourth-order valence-electron chi connectivity index (χ4n) is 1.67. The second kappa shape index (κ2) is 8.53. The molecule has 1 atom stereocenters. The molecule has 1 aromatic carbocycles. The summed E-state index contributed by atoms with van der Waals surface area (Å²) in [7, 11) is 0. The largest absolute Gasteiger partial charge is 0.357 e. The van der Waals surface area contributed by atoms with Gasteiger partial charge in [-0.2, -0.15) is 4.39 Å². The van der Waals surface area contributed by atoms with Crippen molar-refractivity contribution >= 4 is 45.5 Å². The number of anilines is 2. The van der Waals surface area contributed by atoms with Crippen molar-refractivity contribution in [2.45, 2.75) is 16.5 Å².